The number of carbonyl (C=O) groups is 1. The largest absolute Gasteiger partial charge is 0.350 e. The number of nitrogens with zero attached hydrogens (tertiary/aromatic N) is 2. The van der Waals surface area contributed by atoms with Gasteiger partial charge in [0.25, 0.3) is 0 Å². The van der Waals surface area contributed by atoms with E-state index in [9.17, 15) is 4.79 Å². The highest BCUT2D eigenvalue weighted by Gasteiger charge is 2.17. The molecule has 0 aliphatic carbocycles. The fourth-order valence-corrected chi connectivity index (χ4v) is 2.63. The highest BCUT2D eigenvalue weighted by molar-refractivity contribution is 7.09. The molecule has 0 bridgehead atoms. The average Bonchev–Trinajstić information content (AvgIpc) is 3.04. The second-order valence-electron chi connectivity index (χ2n) is 5.76. The van der Waals surface area contributed by atoms with Crippen LogP contribution in [0.4, 0.5) is 0 Å². The molecule has 1 amide bonds. The molecule has 2 aromatic heterocycles. The summed E-state index contributed by atoms with van der Waals surface area (Å²) >= 11 is 1.59. The Labute approximate surface area is 122 Å². The van der Waals surface area contributed by atoms with Crippen LogP contribution in [0.2, 0.25) is 0 Å². The topological polar surface area (TPSA) is 70.7 Å². The van der Waals surface area contributed by atoms with E-state index in [0.717, 1.165) is 16.3 Å². The summed E-state index contributed by atoms with van der Waals surface area (Å²) in [6.45, 7) is 6.91. The lowest BCUT2D eigenvalue weighted by Crippen LogP contribution is -2.23. The van der Waals surface area contributed by atoms with E-state index in [1.807, 2.05) is 6.20 Å². The molecule has 0 atom stereocenters. The summed E-state index contributed by atoms with van der Waals surface area (Å²) < 4.78 is 0. The lowest BCUT2D eigenvalue weighted by atomic mass is 9.93. The van der Waals surface area contributed by atoms with Gasteiger partial charge in [0.15, 0.2) is 0 Å². The molecular weight excluding hydrogens is 272 g/mol. The molecule has 20 heavy (non-hydrogen) atoms. The van der Waals surface area contributed by atoms with E-state index in [-0.39, 0.29) is 11.3 Å². The van der Waals surface area contributed by atoms with E-state index < -0.39 is 0 Å². The molecule has 0 aromatic carbocycles. The van der Waals surface area contributed by atoms with Crippen LogP contribution in [0.25, 0.3) is 0 Å². The van der Waals surface area contributed by atoms with Crippen molar-refractivity contribution in [1.82, 2.24) is 20.5 Å². The monoisotopic (exact) mass is 292 g/mol. The third-order valence-electron chi connectivity index (χ3n) is 2.95. The summed E-state index contributed by atoms with van der Waals surface area (Å²) in [6.07, 6.45) is 4.72. The molecule has 0 saturated carbocycles. The van der Waals surface area contributed by atoms with Crippen molar-refractivity contribution < 1.29 is 4.79 Å². The predicted octanol–water partition coefficient (Wildman–Crippen LogP) is 2.41. The quantitative estimate of drug-likeness (QED) is 0.889. The van der Waals surface area contributed by atoms with Gasteiger partial charge in [0.2, 0.25) is 5.91 Å². The zero-order valence-electron chi connectivity index (χ0n) is 12.1. The zero-order valence-corrected chi connectivity index (χ0v) is 12.9. The Morgan fingerprint density at radius 1 is 1.45 bits per heavy atom. The minimum Gasteiger partial charge on any atom is -0.350 e. The summed E-state index contributed by atoms with van der Waals surface area (Å²) in [4.78, 5) is 16.3. The van der Waals surface area contributed by atoms with Crippen molar-refractivity contribution in [1.29, 1.82) is 0 Å². The minimum absolute atomic E-state index is 0.0405. The number of rotatable bonds is 5. The van der Waals surface area contributed by atoms with Crippen LogP contribution in [-0.2, 0) is 23.2 Å². The summed E-state index contributed by atoms with van der Waals surface area (Å²) in [5.41, 5.74) is 2.18. The third kappa shape index (κ3) is 4.16. The van der Waals surface area contributed by atoms with Gasteiger partial charge in [-0.2, -0.15) is 5.10 Å². The van der Waals surface area contributed by atoms with Crippen LogP contribution in [-0.4, -0.2) is 21.1 Å². The van der Waals surface area contributed by atoms with Gasteiger partial charge in [0, 0.05) is 23.4 Å². The molecule has 0 unspecified atom stereocenters. The van der Waals surface area contributed by atoms with Crippen LogP contribution < -0.4 is 5.32 Å². The smallest absolute Gasteiger partial charge is 0.220 e. The fourth-order valence-electron chi connectivity index (χ4n) is 1.67. The molecule has 6 heteroatoms. The molecule has 0 fully saturated rings. The number of H-pyrrole nitrogens is 1. The average molecular weight is 292 g/mol. The van der Waals surface area contributed by atoms with Crippen LogP contribution in [0.1, 0.15) is 43.5 Å². The molecule has 0 spiro atoms. The van der Waals surface area contributed by atoms with Crippen LogP contribution in [0.5, 0.6) is 0 Å². The molecule has 5 nitrogen and oxygen atoms in total. The van der Waals surface area contributed by atoms with E-state index in [2.05, 4.69) is 46.6 Å². The molecule has 0 radical (unpaired) electrons. The van der Waals surface area contributed by atoms with Gasteiger partial charge >= 0.3 is 0 Å². The second kappa shape index (κ2) is 6.17. The lowest BCUT2D eigenvalue weighted by molar-refractivity contribution is -0.121. The maximum Gasteiger partial charge on any atom is 0.220 e. The number of aryl methyl sites for hydroxylation is 1. The Bertz CT molecular complexity index is 554. The molecule has 108 valence electrons. The zero-order chi connectivity index (χ0) is 14.6. The van der Waals surface area contributed by atoms with Crippen molar-refractivity contribution in [3.63, 3.8) is 0 Å². The van der Waals surface area contributed by atoms with Crippen molar-refractivity contribution >= 4 is 17.2 Å². The van der Waals surface area contributed by atoms with Crippen LogP contribution in [0, 0.1) is 0 Å². The fraction of sp³-hybridized carbons (Fsp3) is 0.500. The minimum atomic E-state index is 0.0405. The van der Waals surface area contributed by atoms with Gasteiger partial charge in [-0.1, -0.05) is 20.8 Å². The van der Waals surface area contributed by atoms with Crippen LogP contribution in [0.15, 0.2) is 17.8 Å². The molecule has 2 aromatic rings. The van der Waals surface area contributed by atoms with E-state index in [4.69, 9.17) is 0 Å². The second-order valence-corrected chi connectivity index (χ2v) is 6.70. The first-order valence-electron chi connectivity index (χ1n) is 6.64. The normalized spacial score (nSPS) is 11.6. The Kier molecular flexibility index (Phi) is 4.54. The standard InChI is InChI=1S/C14H20N4OS/c1-14(2,3)11-9-20-13(18-11)8-15-12(19)5-4-10-6-16-17-7-10/h6-7,9H,4-5,8H2,1-3H3,(H,15,19)(H,16,17). The number of nitrogens with one attached hydrogen (secondary N) is 2. The van der Waals surface area contributed by atoms with Crippen molar-refractivity contribution in [2.45, 2.75) is 45.6 Å². The summed E-state index contributed by atoms with van der Waals surface area (Å²) in [5.74, 6) is 0.0405. The number of carbonyl (C=O) groups excluding carboxylic acids is 1. The van der Waals surface area contributed by atoms with E-state index in [1.165, 1.54) is 0 Å². The SMILES string of the molecule is CC(C)(C)c1csc(CNC(=O)CCc2cn[nH]c2)n1. The van der Waals surface area contributed by atoms with E-state index in [0.29, 0.717) is 19.4 Å². The Hall–Kier alpha value is -1.69. The molecule has 0 aliphatic rings. The molecule has 0 saturated heterocycles. The Morgan fingerprint density at radius 3 is 2.85 bits per heavy atom. The summed E-state index contributed by atoms with van der Waals surface area (Å²) in [6, 6.07) is 0. The molecule has 2 N–H and O–H groups in total. The third-order valence-corrected chi connectivity index (χ3v) is 3.80. The first-order valence-corrected chi connectivity index (χ1v) is 7.52. The molecule has 2 rings (SSSR count). The van der Waals surface area contributed by atoms with Gasteiger partial charge in [-0.25, -0.2) is 4.98 Å². The van der Waals surface area contributed by atoms with Gasteiger partial charge in [-0.05, 0) is 12.0 Å². The number of aromatic nitrogens is 3. The number of aromatic amines is 1. The maximum absolute atomic E-state index is 11.8. The first-order chi connectivity index (χ1) is 9.45. The van der Waals surface area contributed by atoms with Crippen LogP contribution in [0.3, 0.4) is 0 Å². The highest BCUT2D eigenvalue weighted by Crippen LogP contribution is 2.23. The van der Waals surface area contributed by atoms with Gasteiger partial charge in [0.1, 0.15) is 5.01 Å². The molecule has 0 aliphatic heterocycles. The number of hydrogen-bond acceptors (Lipinski definition) is 4. The van der Waals surface area contributed by atoms with Crippen LogP contribution >= 0.6 is 11.3 Å². The van der Waals surface area contributed by atoms with Crippen molar-refractivity contribution in [3.05, 3.63) is 34.0 Å². The number of thiazole rings is 1. The lowest BCUT2D eigenvalue weighted by Gasteiger charge is -2.14. The van der Waals surface area contributed by atoms with Crippen molar-refractivity contribution in [2.75, 3.05) is 0 Å². The first kappa shape index (κ1) is 14.7. The summed E-state index contributed by atoms with van der Waals surface area (Å²) in [7, 11) is 0. The van der Waals surface area contributed by atoms with E-state index >= 15 is 0 Å². The van der Waals surface area contributed by atoms with E-state index in [1.54, 1.807) is 17.5 Å². The van der Waals surface area contributed by atoms with Gasteiger partial charge in [0.05, 0.1) is 18.4 Å². The maximum atomic E-state index is 11.8. The van der Waals surface area contributed by atoms with Gasteiger partial charge in [-0.3, -0.25) is 9.89 Å². The summed E-state index contributed by atoms with van der Waals surface area (Å²) in [5, 5.41) is 12.5. The molecule has 2 heterocycles. The predicted molar refractivity (Wildman–Crippen MR) is 79.6 cm³/mol. The molecular formula is C14H20N4OS. The highest BCUT2D eigenvalue weighted by atomic mass is 32.1. The Balaban J connectivity index is 1.77. The number of amides is 1. The van der Waals surface area contributed by atoms with Gasteiger partial charge < -0.3 is 5.32 Å². The van der Waals surface area contributed by atoms with Gasteiger partial charge in [-0.15, -0.1) is 11.3 Å². The number of hydrogen-bond donors (Lipinski definition) is 2. The Morgan fingerprint density at radius 2 is 2.25 bits per heavy atom. The van der Waals surface area contributed by atoms with Crippen molar-refractivity contribution in [3.8, 4) is 0 Å². The van der Waals surface area contributed by atoms with Crippen molar-refractivity contribution in [2.24, 2.45) is 0 Å².